The summed E-state index contributed by atoms with van der Waals surface area (Å²) < 4.78 is 5.78. The number of aromatic nitrogens is 1. The van der Waals surface area contributed by atoms with Gasteiger partial charge in [-0.1, -0.05) is 18.2 Å². The van der Waals surface area contributed by atoms with E-state index in [1.807, 2.05) is 30.3 Å². The first kappa shape index (κ1) is 21.3. The predicted octanol–water partition coefficient (Wildman–Crippen LogP) is 3.00. The number of nitrogens with one attached hydrogen (secondary N) is 1. The van der Waals surface area contributed by atoms with Crippen LogP contribution in [0.4, 0.5) is 11.5 Å². The third-order valence-corrected chi connectivity index (χ3v) is 5.77. The largest absolute Gasteiger partial charge is 0.372 e. The van der Waals surface area contributed by atoms with Crippen molar-refractivity contribution >= 4 is 23.3 Å². The van der Waals surface area contributed by atoms with Crippen LogP contribution in [-0.2, 0) is 16.1 Å². The van der Waals surface area contributed by atoms with E-state index in [1.54, 1.807) is 24.2 Å². The quantitative estimate of drug-likeness (QED) is 0.775. The van der Waals surface area contributed by atoms with Gasteiger partial charge in [0.1, 0.15) is 5.82 Å². The molecule has 164 valence electrons. The molecule has 2 unspecified atom stereocenters. The minimum atomic E-state index is -0.203. The fourth-order valence-corrected chi connectivity index (χ4v) is 4.03. The van der Waals surface area contributed by atoms with Crippen molar-refractivity contribution in [3.05, 3.63) is 53.7 Å². The molecular formula is C24H30N4O3. The molecule has 1 saturated carbocycles. The van der Waals surface area contributed by atoms with Gasteiger partial charge in [-0.15, -0.1) is 0 Å². The van der Waals surface area contributed by atoms with Crippen LogP contribution in [0.25, 0.3) is 0 Å². The second-order valence-corrected chi connectivity index (χ2v) is 8.56. The van der Waals surface area contributed by atoms with Crippen LogP contribution in [-0.4, -0.2) is 49.1 Å². The Balaban J connectivity index is 1.38. The summed E-state index contributed by atoms with van der Waals surface area (Å²) in [6.45, 7) is 6.14. The molecule has 1 N–H and O–H groups in total. The van der Waals surface area contributed by atoms with E-state index in [1.165, 1.54) is 0 Å². The first-order chi connectivity index (χ1) is 14.9. The zero-order chi connectivity index (χ0) is 22.0. The Labute approximate surface area is 183 Å². The standard InChI is InChI=1S/C24H30N4O3/c1-16-14-28(15-17(2)31-16)22-11-8-18(12-25-22)13-26-23(29)20-6-4-5-7-21(20)27(3)24(30)19-9-10-19/h4-8,11-12,16-17,19H,9-10,13-15H2,1-3H3,(H,26,29). The van der Waals surface area contributed by atoms with E-state index in [0.29, 0.717) is 17.8 Å². The molecule has 0 radical (unpaired) electrons. The molecular weight excluding hydrogens is 392 g/mol. The maximum Gasteiger partial charge on any atom is 0.253 e. The summed E-state index contributed by atoms with van der Waals surface area (Å²) in [5, 5.41) is 2.96. The summed E-state index contributed by atoms with van der Waals surface area (Å²) >= 11 is 0. The number of amides is 2. The first-order valence-electron chi connectivity index (χ1n) is 10.9. The molecule has 2 atom stereocenters. The molecule has 1 aliphatic carbocycles. The number of rotatable bonds is 6. The highest BCUT2D eigenvalue weighted by Crippen LogP contribution is 2.33. The summed E-state index contributed by atoms with van der Waals surface area (Å²) in [5.41, 5.74) is 2.06. The van der Waals surface area contributed by atoms with Gasteiger partial charge in [-0.2, -0.15) is 0 Å². The van der Waals surface area contributed by atoms with Gasteiger partial charge in [0.2, 0.25) is 5.91 Å². The van der Waals surface area contributed by atoms with Crippen molar-refractivity contribution in [2.24, 2.45) is 5.92 Å². The van der Waals surface area contributed by atoms with Crippen LogP contribution in [0.15, 0.2) is 42.6 Å². The van der Waals surface area contributed by atoms with Crippen molar-refractivity contribution in [1.29, 1.82) is 0 Å². The number of morpholine rings is 1. The molecule has 0 bridgehead atoms. The Morgan fingerprint density at radius 1 is 1.13 bits per heavy atom. The van der Waals surface area contributed by atoms with E-state index in [4.69, 9.17) is 4.74 Å². The Morgan fingerprint density at radius 3 is 2.48 bits per heavy atom. The molecule has 2 aliphatic rings. The highest BCUT2D eigenvalue weighted by molar-refractivity contribution is 6.05. The zero-order valence-electron chi connectivity index (χ0n) is 18.4. The lowest BCUT2D eigenvalue weighted by molar-refractivity contribution is -0.119. The molecule has 7 nitrogen and oxygen atoms in total. The number of carbonyl (C=O) groups is 2. The Bertz CT molecular complexity index is 932. The SMILES string of the molecule is CC1CN(c2ccc(CNC(=O)c3ccccc3N(C)C(=O)C3CC3)cn2)CC(C)O1. The number of hydrogen-bond donors (Lipinski definition) is 1. The monoisotopic (exact) mass is 422 g/mol. The van der Waals surface area contributed by atoms with Crippen LogP contribution in [0.2, 0.25) is 0 Å². The first-order valence-corrected chi connectivity index (χ1v) is 10.9. The Morgan fingerprint density at radius 2 is 1.84 bits per heavy atom. The van der Waals surface area contributed by atoms with Crippen molar-refractivity contribution in [2.75, 3.05) is 29.9 Å². The number of anilines is 2. The third-order valence-electron chi connectivity index (χ3n) is 5.77. The third kappa shape index (κ3) is 5.05. The summed E-state index contributed by atoms with van der Waals surface area (Å²) in [5.74, 6) is 0.892. The number of nitrogens with zero attached hydrogens (tertiary/aromatic N) is 3. The van der Waals surface area contributed by atoms with Crippen molar-refractivity contribution in [3.63, 3.8) is 0 Å². The van der Waals surface area contributed by atoms with Crippen molar-refractivity contribution in [3.8, 4) is 0 Å². The van der Waals surface area contributed by atoms with Gasteiger partial charge in [-0.25, -0.2) is 4.98 Å². The highest BCUT2D eigenvalue weighted by Gasteiger charge is 2.33. The van der Waals surface area contributed by atoms with E-state index in [2.05, 4.69) is 29.0 Å². The van der Waals surface area contributed by atoms with Gasteiger partial charge in [0.25, 0.3) is 5.91 Å². The van der Waals surface area contributed by atoms with Crippen molar-refractivity contribution < 1.29 is 14.3 Å². The lowest BCUT2D eigenvalue weighted by Crippen LogP contribution is -2.45. The van der Waals surface area contributed by atoms with Gasteiger partial charge >= 0.3 is 0 Å². The normalized spacial score (nSPS) is 20.9. The molecule has 31 heavy (non-hydrogen) atoms. The maximum absolute atomic E-state index is 12.8. The molecule has 1 aromatic carbocycles. The van der Waals surface area contributed by atoms with Crippen molar-refractivity contribution in [1.82, 2.24) is 10.3 Å². The van der Waals surface area contributed by atoms with E-state index in [0.717, 1.165) is 37.3 Å². The summed E-state index contributed by atoms with van der Waals surface area (Å²) in [7, 11) is 1.74. The van der Waals surface area contributed by atoms with Gasteiger partial charge in [-0.3, -0.25) is 9.59 Å². The average molecular weight is 423 g/mol. The summed E-state index contributed by atoms with van der Waals surface area (Å²) in [6.07, 6.45) is 4.02. The van der Waals surface area contributed by atoms with Gasteiger partial charge in [0.15, 0.2) is 0 Å². The lowest BCUT2D eigenvalue weighted by Gasteiger charge is -2.36. The molecule has 7 heteroatoms. The molecule has 2 fully saturated rings. The highest BCUT2D eigenvalue weighted by atomic mass is 16.5. The van der Waals surface area contributed by atoms with Gasteiger partial charge < -0.3 is 19.9 Å². The maximum atomic E-state index is 12.8. The van der Waals surface area contributed by atoms with Crippen LogP contribution >= 0.6 is 0 Å². The van der Waals surface area contributed by atoms with Crippen LogP contribution < -0.4 is 15.1 Å². The van der Waals surface area contributed by atoms with E-state index >= 15 is 0 Å². The van der Waals surface area contributed by atoms with E-state index in [9.17, 15) is 9.59 Å². The topological polar surface area (TPSA) is 74.8 Å². The Kier molecular flexibility index (Phi) is 6.23. The fourth-order valence-electron chi connectivity index (χ4n) is 4.03. The van der Waals surface area contributed by atoms with Gasteiger partial charge in [-0.05, 0) is 50.5 Å². The van der Waals surface area contributed by atoms with Crippen LogP contribution in [0.3, 0.4) is 0 Å². The lowest BCUT2D eigenvalue weighted by atomic mass is 10.1. The molecule has 1 saturated heterocycles. The number of benzene rings is 1. The van der Waals surface area contributed by atoms with Crippen molar-refractivity contribution in [2.45, 2.75) is 45.4 Å². The number of ether oxygens (including phenoxy) is 1. The number of carbonyl (C=O) groups excluding carboxylic acids is 2. The van der Waals surface area contributed by atoms with E-state index in [-0.39, 0.29) is 29.9 Å². The second kappa shape index (κ2) is 9.06. The second-order valence-electron chi connectivity index (χ2n) is 8.56. The van der Waals surface area contributed by atoms with Crippen LogP contribution in [0.1, 0.15) is 42.6 Å². The van der Waals surface area contributed by atoms with E-state index < -0.39 is 0 Å². The minimum absolute atomic E-state index is 0.0757. The number of para-hydroxylation sites is 1. The average Bonchev–Trinajstić information content (AvgIpc) is 3.61. The molecule has 1 aliphatic heterocycles. The minimum Gasteiger partial charge on any atom is -0.372 e. The predicted molar refractivity (Wildman–Crippen MR) is 120 cm³/mol. The van der Waals surface area contributed by atoms with Gasteiger partial charge in [0, 0.05) is 38.8 Å². The number of hydrogen-bond acceptors (Lipinski definition) is 5. The molecule has 1 aromatic heterocycles. The van der Waals surface area contributed by atoms with Crippen LogP contribution in [0.5, 0.6) is 0 Å². The molecule has 2 heterocycles. The molecule has 2 aromatic rings. The zero-order valence-corrected chi connectivity index (χ0v) is 18.4. The molecule has 4 rings (SSSR count). The molecule has 0 spiro atoms. The summed E-state index contributed by atoms with van der Waals surface area (Å²) in [4.78, 5) is 33.7. The Hall–Kier alpha value is -2.93. The summed E-state index contributed by atoms with van der Waals surface area (Å²) in [6, 6.07) is 11.2. The van der Waals surface area contributed by atoms with Gasteiger partial charge in [0.05, 0.1) is 23.5 Å². The van der Waals surface area contributed by atoms with Crippen LogP contribution in [0, 0.1) is 5.92 Å². The molecule has 2 amide bonds. The number of pyridine rings is 1. The smallest absolute Gasteiger partial charge is 0.253 e. The fraction of sp³-hybridized carbons (Fsp3) is 0.458.